The topological polar surface area (TPSA) is 89.0 Å². The van der Waals surface area contributed by atoms with E-state index in [0.29, 0.717) is 29.2 Å². The molecule has 7 nitrogen and oxygen atoms in total. The van der Waals surface area contributed by atoms with Crippen LogP contribution in [-0.4, -0.2) is 39.4 Å². The normalized spacial score (nSPS) is 17.1. The van der Waals surface area contributed by atoms with E-state index in [1.54, 1.807) is 54.9 Å². The number of ketones is 1. The van der Waals surface area contributed by atoms with Gasteiger partial charge in [-0.3, -0.25) is 14.6 Å². The van der Waals surface area contributed by atoms with E-state index in [1.807, 2.05) is 39.0 Å². The van der Waals surface area contributed by atoms with Crippen LogP contribution in [0.15, 0.2) is 78.6 Å². The first-order valence-corrected chi connectivity index (χ1v) is 11.6. The minimum atomic E-state index is -0.769. The number of nitrogens with zero attached hydrogens (tertiary/aromatic N) is 2. The Bertz CT molecular complexity index is 1220. The lowest BCUT2D eigenvalue weighted by Gasteiger charge is -2.25. The quantitative estimate of drug-likeness (QED) is 0.285. The van der Waals surface area contributed by atoms with Gasteiger partial charge in [0.2, 0.25) is 0 Å². The third-order valence-corrected chi connectivity index (χ3v) is 5.62. The van der Waals surface area contributed by atoms with Crippen molar-refractivity contribution in [2.45, 2.75) is 39.5 Å². The molecule has 0 radical (unpaired) electrons. The minimum absolute atomic E-state index is 0.0109. The Hall–Kier alpha value is -4.13. The van der Waals surface area contributed by atoms with Gasteiger partial charge in [-0.15, -0.1) is 0 Å². The summed E-state index contributed by atoms with van der Waals surface area (Å²) in [5.41, 5.74) is 1.94. The van der Waals surface area contributed by atoms with Gasteiger partial charge in [0, 0.05) is 24.5 Å². The Balaban J connectivity index is 1.79. The number of carbonyl (C=O) groups excluding carboxylic acids is 2. The maximum Gasteiger partial charge on any atom is 0.295 e. The van der Waals surface area contributed by atoms with E-state index >= 15 is 0 Å². The first-order chi connectivity index (χ1) is 16.9. The molecular weight excluding hydrogens is 444 g/mol. The predicted molar refractivity (Wildman–Crippen MR) is 132 cm³/mol. The summed E-state index contributed by atoms with van der Waals surface area (Å²) >= 11 is 0. The number of hydrogen-bond acceptors (Lipinski definition) is 6. The number of aliphatic hydroxyl groups is 1. The van der Waals surface area contributed by atoms with Crippen LogP contribution < -0.4 is 9.47 Å². The maximum absolute atomic E-state index is 13.2. The second-order valence-electron chi connectivity index (χ2n) is 8.48. The Morgan fingerprint density at radius 2 is 1.71 bits per heavy atom. The molecule has 1 aromatic heterocycles. The van der Waals surface area contributed by atoms with Crippen LogP contribution in [0.3, 0.4) is 0 Å². The number of pyridine rings is 1. The molecule has 1 amide bonds. The van der Waals surface area contributed by atoms with E-state index in [-0.39, 0.29) is 24.0 Å². The van der Waals surface area contributed by atoms with Gasteiger partial charge in [-0.1, -0.05) is 18.2 Å². The van der Waals surface area contributed by atoms with Crippen molar-refractivity contribution in [1.29, 1.82) is 0 Å². The standard InChI is InChI=1S/C28H28N2O5/c1-4-34-22-11-9-21(10-12-22)26(31)24-25(20-7-13-23(14-8-20)35-18(2)3)30(28(33)27(24)32)17-19-6-5-15-29-16-19/h5-16,18,25,31H,4,17H2,1-3H3/t25-/m1/s1. The third kappa shape index (κ3) is 5.19. The van der Waals surface area contributed by atoms with Crippen molar-refractivity contribution in [3.8, 4) is 11.5 Å². The van der Waals surface area contributed by atoms with Crippen LogP contribution in [0.4, 0.5) is 0 Å². The SMILES string of the molecule is CCOc1ccc(C(O)=C2C(=O)C(=O)N(Cc3cccnc3)[C@@H]2c2ccc(OC(C)C)cc2)cc1. The monoisotopic (exact) mass is 472 g/mol. The van der Waals surface area contributed by atoms with Crippen LogP contribution in [-0.2, 0) is 16.1 Å². The van der Waals surface area contributed by atoms with Crippen molar-refractivity contribution in [2.75, 3.05) is 6.61 Å². The summed E-state index contributed by atoms with van der Waals surface area (Å²) in [6.45, 7) is 6.45. The summed E-state index contributed by atoms with van der Waals surface area (Å²) < 4.78 is 11.2. The predicted octanol–water partition coefficient (Wildman–Crippen LogP) is 4.89. The van der Waals surface area contributed by atoms with E-state index in [1.165, 1.54) is 4.90 Å². The summed E-state index contributed by atoms with van der Waals surface area (Å²) in [5, 5.41) is 11.2. The molecule has 0 aliphatic carbocycles. The number of Topliss-reactive ketones (excluding diaryl/α,β-unsaturated/α-hetero) is 1. The van der Waals surface area contributed by atoms with Gasteiger partial charge in [0.25, 0.3) is 11.7 Å². The van der Waals surface area contributed by atoms with E-state index in [9.17, 15) is 14.7 Å². The van der Waals surface area contributed by atoms with Crippen molar-refractivity contribution in [2.24, 2.45) is 0 Å². The second-order valence-corrected chi connectivity index (χ2v) is 8.48. The number of amides is 1. The minimum Gasteiger partial charge on any atom is -0.507 e. The van der Waals surface area contributed by atoms with Gasteiger partial charge in [0.05, 0.1) is 24.3 Å². The molecule has 2 aromatic carbocycles. The molecule has 0 spiro atoms. The van der Waals surface area contributed by atoms with E-state index in [4.69, 9.17) is 9.47 Å². The maximum atomic E-state index is 13.2. The number of benzene rings is 2. The van der Waals surface area contributed by atoms with Crippen molar-refractivity contribution < 1.29 is 24.2 Å². The lowest BCUT2D eigenvalue weighted by molar-refractivity contribution is -0.140. The number of rotatable bonds is 8. The molecule has 2 heterocycles. The smallest absolute Gasteiger partial charge is 0.295 e. The van der Waals surface area contributed by atoms with Crippen LogP contribution in [0.2, 0.25) is 0 Å². The Morgan fingerprint density at radius 3 is 2.31 bits per heavy atom. The van der Waals surface area contributed by atoms with Crippen molar-refractivity contribution >= 4 is 17.4 Å². The van der Waals surface area contributed by atoms with Crippen LogP contribution in [0.1, 0.15) is 43.5 Å². The lowest BCUT2D eigenvalue weighted by Crippen LogP contribution is -2.29. The van der Waals surface area contributed by atoms with Gasteiger partial charge in [-0.2, -0.15) is 0 Å². The van der Waals surface area contributed by atoms with Crippen LogP contribution in [0.25, 0.3) is 5.76 Å². The highest BCUT2D eigenvalue weighted by atomic mass is 16.5. The first-order valence-electron chi connectivity index (χ1n) is 11.6. The number of likely N-dealkylation sites (tertiary alicyclic amines) is 1. The largest absolute Gasteiger partial charge is 0.507 e. The summed E-state index contributed by atoms with van der Waals surface area (Å²) in [4.78, 5) is 32.0. The van der Waals surface area contributed by atoms with E-state index in [2.05, 4.69) is 4.98 Å². The summed E-state index contributed by atoms with van der Waals surface area (Å²) in [7, 11) is 0. The molecule has 0 saturated carbocycles. The highest BCUT2D eigenvalue weighted by molar-refractivity contribution is 6.46. The molecule has 7 heteroatoms. The molecule has 4 rings (SSSR count). The second kappa shape index (κ2) is 10.4. The first kappa shape index (κ1) is 24.0. The van der Waals surface area contributed by atoms with Gasteiger partial charge < -0.3 is 19.5 Å². The zero-order chi connectivity index (χ0) is 24.9. The number of hydrogen-bond donors (Lipinski definition) is 1. The average Bonchev–Trinajstić information content (AvgIpc) is 3.10. The molecule has 1 N–H and O–H groups in total. The van der Waals surface area contributed by atoms with Gasteiger partial charge in [-0.05, 0) is 74.4 Å². The number of aliphatic hydroxyl groups excluding tert-OH is 1. The highest BCUT2D eigenvalue weighted by Gasteiger charge is 2.46. The fourth-order valence-corrected chi connectivity index (χ4v) is 4.11. The molecule has 1 aliphatic heterocycles. The number of carbonyl (C=O) groups is 2. The molecule has 1 fully saturated rings. The van der Waals surface area contributed by atoms with Crippen molar-refractivity contribution in [3.05, 3.63) is 95.3 Å². The van der Waals surface area contributed by atoms with E-state index in [0.717, 1.165) is 5.56 Å². The van der Waals surface area contributed by atoms with Crippen LogP contribution in [0, 0.1) is 0 Å². The third-order valence-electron chi connectivity index (χ3n) is 5.62. The van der Waals surface area contributed by atoms with Crippen molar-refractivity contribution in [1.82, 2.24) is 9.88 Å². The molecular formula is C28H28N2O5. The number of aromatic nitrogens is 1. The molecule has 1 atom stereocenters. The number of ether oxygens (including phenoxy) is 2. The van der Waals surface area contributed by atoms with Gasteiger partial charge in [0.15, 0.2) is 0 Å². The molecule has 3 aromatic rings. The summed E-state index contributed by atoms with van der Waals surface area (Å²) in [5.74, 6) is -0.299. The van der Waals surface area contributed by atoms with Crippen molar-refractivity contribution in [3.63, 3.8) is 0 Å². The fraction of sp³-hybridized carbons (Fsp3) is 0.250. The van der Waals surface area contributed by atoms with Gasteiger partial charge in [-0.25, -0.2) is 0 Å². The molecule has 1 aliphatic rings. The van der Waals surface area contributed by atoms with Crippen LogP contribution in [0.5, 0.6) is 11.5 Å². The lowest BCUT2D eigenvalue weighted by atomic mass is 9.95. The molecule has 0 bridgehead atoms. The van der Waals surface area contributed by atoms with E-state index < -0.39 is 17.7 Å². The molecule has 0 unspecified atom stereocenters. The zero-order valence-electron chi connectivity index (χ0n) is 20.0. The fourth-order valence-electron chi connectivity index (χ4n) is 4.11. The average molecular weight is 473 g/mol. The van der Waals surface area contributed by atoms with Gasteiger partial charge in [0.1, 0.15) is 17.3 Å². The Kier molecular flexibility index (Phi) is 7.15. The molecule has 35 heavy (non-hydrogen) atoms. The Morgan fingerprint density at radius 1 is 1.03 bits per heavy atom. The summed E-state index contributed by atoms with van der Waals surface area (Å²) in [6, 6.07) is 16.9. The summed E-state index contributed by atoms with van der Waals surface area (Å²) in [6.07, 6.45) is 3.31. The molecule has 1 saturated heterocycles. The van der Waals surface area contributed by atoms with Gasteiger partial charge >= 0.3 is 0 Å². The Labute approximate surface area is 204 Å². The van der Waals surface area contributed by atoms with Crippen LogP contribution >= 0.6 is 0 Å². The molecule has 180 valence electrons. The zero-order valence-corrected chi connectivity index (χ0v) is 20.0. The highest BCUT2D eigenvalue weighted by Crippen LogP contribution is 2.40.